The number of anilines is 3. The van der Waals surface area contributed by atoms with Crippen molar-refractivity contribution in [3.63, 3.8) is 0 Å². The van der Waals surface area contributed by atoms with Gasteiger partial charge in [-0.2, -0.15) is 0 Å². The molecule has 0 spiro atoms. The van der Waals surface area contributed by atoms with Gasteiger partial charge in [0.05, 0.1) is 6.10 Å². The van der Waals surface area contributed by atoms with E-state index in [2.05, 4.69) is 35.1 Å². The van der Waals surface area contributed by atoms with E-state index in [0.29, 0.717) is 6.10 Å². The van der Waals surface area contributed by atoms with E-state index < -0.39 is 0 Å². The molecule has 4 rings (SSSR count). The van der Waals surface area contributed by atoms with Gasteiger partial charge in [0.2, 0.25) is 5.95 Å². The summed E-state index contributed by atoms with van der Waals surface area (Å²) in [4.78, 5) is 21.9. The lowest BCUT2D eigenvalue weighted by molar-refractivity contribution is 0.120. The lowest BCUT2D eigenvalue weighted by Gasteiger charge is -2.35. The summed E-state index contributed by atoms with van der Waals surface area (Å²) < 4.78 is 5.64. The van der Waals surface area contributed by atoms with E-state index in [9.17, 15) is 0 Å². The predicted molar refractivity (Wildman–Crippen MR) is 96.0 cm³/mol. The molecule has 2 aromatic heterocycles. The third kappa shape index (κ3) is 3.96. The van der Waals surface area contributed by atoms with Gasteiger partial charge in [-0.3, -0.25) is 0 Å². The second-order valence-electron chi connectivity index (χ2n) is 6.30. The van der Waals surface area contributed by atoms with Gasteiger partial charge in [0.15, 0.2) is 0 Å². The van der Waals surface area contributed by atoms with Crippen LogP contribution in [-0.2, 0) is 4.74 Å². The summed E-state index contributed by atoms with van der Waals surface area (Å²) in [6.45, 7) is 5.21. The van der Waals surface area contributed by atoms with Gasteiger partial charge in [-0.05, 0) is 18.9 Å². The minimum absolute atomic E-state index is 0.299. The van der Waals surface area contributed by atoms with Crippen LogP contribution in [-0.4, -0.2) is 65.4 Å². The highest BCUT2D eigenvalue weighted by Gasteiger charge is 2.20. The zero-order valence-electron chi connectivity index (χ0n) is 14.2. The molecule has 0 aliphatic carbocycles. The minimum atomic E-state index is 0.299. The molecule has 4 heterocycles. The summed E-state index contributed by atoms with van der Waals surface area (Å²) in [5.74, 6) is 2.61. The SMILES string of the molecule is c1cnc(N2CCN(c3cc(NCC4CCCO4)ncn3)CC2)nc1. The van der Waals surface area contributed by atoms with E-state index in [4.69, 9.17) is 4.74 Å². The van der Waals surface area contributed by atoms with Crippen LogP contribution in [0.3, 0.4) is 0 Å². The summed E-state index contributed by atoms with van der Waals surface area (Å²) in [5, 5.41) is 3.37. The first-order valence-electron chi connectivity index (χ1n) is 8.83. The number of rotatable bonds is 5. The molecular weight excluding hydrogens is 318 g/mol. The smallest absolute Gasteiger partial charge is 0.225 e. The first kappa shape index (κ1) is 16.0. The second kappa shape index (κ2) is 7.60. The largest absolute Gasteiger partial charge is 0.376 e. The molecule has 0 saturated carbocycles. The van der Waals surface area contributed by atoms with Gasteiger partial charge in [0, 0.05) is 57.8 Å². The van der Waals surface area contributed by atoms with Crippen LogP contribution in [0.5, 0.6) is 0 Å². The van der Waals surface area contributed by atoms with Crippen LogP contribution >= 0.6 is 0 Å². The molecule has 8 nitrogen and oxygen atoms in total. The van der Waals surface area contributed by atoms with E-state index in [1.807, 2.05) is 12.1 Å². The number of hydrogen-bond donors (Lipinski definition) is 1. The highest BCUT2D eigenvalue weighted by atomic mass is 16.5. The molecular formula is C17H23N7O. The highest BCUT2D eigenvalue weighted by molar-refractivity contribution is 5.49. The van der Waals surface area contributed by atoms with E-state index in [1.165, 1.54) is 0 Å². The Bertz CT molecular complexity index is 670. The normalized spacial score (nSPS) is 20.7. The molecule has 2 saturated heterocycles. The van der Waals surface area contributed by atoms with Crippen molar-refractivity contribution in [1.29, 1.82) is 0 Å². The average Bonchev–Trinajstić information content (AvgIpc) is 3.21. The molecule has 0 radical (unpaired) electrons. The molecule has 1 N–H and O–H groups in total. The van der Waals surface area contributed by atoms with Gasteiger partial charge in [-0.25, -0.2) is 19.9 Å². The fourth-order valence-corrected chi connectivity index (χ4v) is 3.23. The molecule has 0 aromatic carbocycles. The third-order valence-electron chi connectivity index (χ3n) is 4.63. The number of hydrogen-bond acceptors (Lipinski definition) is 8. The van der Waals surface area contributed by atoms with E-state index in [1.54, 1.807) is 18.7 Å². The molecule has 2 fully saturated rings. The van der Waals surface area contributed by atoms with Gasteiger partial charge in [0.25, 0.3) is 0 Å². The number of nitrogens with zero attached hydrogens (tertiary/aromatic N) is 6. The molecule has 132 valence electrons. The molecule has 2 aliphatic heterocycles. The Morgan fingerprint density at radius 2 is 1.84 bits per heavy atom. The van der Waals surface area contributed by atoms with Crippen molar-refractivity contribution < 1.29 is 4.74 Å². The second-order valence-corrected chi connectivity index (χ2v) is 6.30. The van der Waals surface area contributed by atoms with Crippen LogP contribution in [0.2, 0.25) is 0 Å². The molecule has 1 atom stereocenters. The third-order valence-corrected chi connectivity index (χ3v) is 4.63. The zero-order valence-corrected chi connectivity index (χ0v) is 14.2. The molecule has 25 heavy (non-hydrogen) atoms. The van der Waals surface area contributed by atoms with Crippen molar-refractivity contribution in [3.8, 4) is 0 Å². The average molecular weight is 341 g/mol. The van der Waals surface area contributed by atoms with Gasteiger partial charge in [-0.15, -0.1) is 0 Å². The fraction of sp³-hybridized carbons (Fsp3) is 0.529. The van der Waals surface area contributed by atoms with Crippen molar-refractivity contribution in [1.82, 2.24) is 19.9 Å². The van der Waals surface area contributed by atoms with Crippen LogP contribution < -0.4 is 15.1 Å². The van der Waals surface area contributed by atoms with Crippen LogP contribution in [0.25, 0.3) is 0 Å². The number of ether oxygens (including phenoxy) is 1. The number of nitrogens with one attached hydrogen (secondary N) is 1. The lowest BCUT2D eigenvalue weighted by Crippen LogP contribution is -2.47. The molecule has 0 bridgehead atoms. The maximum Gasteiger partial charge on any atom is 0.225 e. The maximum atomic E-state index is 5.64. The topological polar surface area (TPSA) is 79.3 Å². The number of aromatic nitrogens is 4. The van der Waals surface area contributed by atoms with E-state index >= 15 is 0 Å². The Balaban J connectivity index is 1.34. The van der Waals surface area contributed by atoms with Gasteiger partial charge in [0.1, 0.15) is 18.0 Å². The summed E-state index contributed by atoms with van der Waals surface area (Å²) in [7, 11) is 0. The van der Waals surface area contributed by atoms with Crippen LogP contribution in [0.15, 0.2) is 30.9 Å². The Kier molecular flexibility index (Phi) is 4.87. The quantitative estimate of drug-likeness (QED) is 0.869. The Labute approximate surface area is 147 Å². The van der Waals surface area contributed by atoms with Crippen LogP contribution in [0, 0.1) is 0 Å². The maximum absolute atomic E-state index is 5.64. The first-order chi connectivity index (χ1) is 12.4. The van der Waals surface area contributed by atoms with Gasteiger partial charge >= 0.3 is 0 Å². The molecule has 2 aromatic rings. The monoisotopic (exact) mass is 341 g/mol. The van der Waals surface area contributed by atoms with Crippen molar-refractivity contribution >= 4 is 17.6 Å². The fourth-order valence-electron chi connectivity index (χ4n) is 3.23. The van der Waals surface area contributed by atoms with Crippen molar-refractivity contribution in [2.75, 3.05) is 54.4 Å². The lowest BCUT2D eigenvalue weighted by atomic mass is 10.2. The minimum Gasteiger partial charge on any atom is -0.376 e. The van der Waals surface area contributed by atoms with E-state index in [-0.39, 0.29) is 0 Å². The number of piperazine rings is 1. The molecule has 8 heteroatoms. The van der Waals surface area contributed by atoms with Crippen molar-refractivity contribution in [2.24, 2.45) is 0 Å². The standard InChI is InChI=1S/C17H23N7O/c1-3-14(25-10-1)12-20-15-11-16(22-13-21-15)23-6-8-24(9-7-23)17-18-4-2-5-19-17/h2,4-5,11,13-14H,1,3,6-10,12H2,(H,20,21,22). The van der Waals surface area contributed by atoms with Crippen molar-refractivity contribution in [3.05, 3.63) is 30.9 Å². The van der Waals surface area contributed by atoms with Crippen LogP contribution in [0.4, 0.5) is 17.6 Å². The zero-order chi connectivity index (χ0) is 16.9. The van der Waals surface area contributed by atoms with Crippen LogP contribution in [0.1, 0.15) is 12.8 Å². The summed E-state index contributed by atoms with van der Waals surface area (Å²) in [6, 6.07) is 3.86. The predicted octanol–water partition coefficient (Wildman–Crippen LogP) is 1.18. The van der Waals surface area contributed by atoms with Gasteiger partial charge < -0.3 is 19.9 Å². The molecule has 2 aliphatic rings. The summed E-state index contributed by atoms with van der Waals surface area (Å²) in [5.41, 5.74) is 0. The van der Waals surface area contributed by atoms with Gasteiger partial charge in [-0.1, -0.05) is 0 Å². The molecule has 1 unspecified atom stereocenters. The highest BCUT2D eigenvalue weighted by Crippen LogP contribution is 2.19. The van der Waals surface area contributed by atoms with E-state index in [0.717, 1.165) is 69.8 Å². The Morgan fingerprint density at radius 1 is 1.04 bits per heavy atom. The molecule has 0 amide bonds. The first-order valence-corrected chi connectivity index (χ1v) is 8.83. The Morgan fingerprint density at radius 3 is 2.60 bits per heavy atom. The van der Waals surface area contributed by atoms with Crippen molar-refractivity contribution in [2.45, 2.75) is 18.9 Å². The summed E-state index contributed by atoms with van der Waals surface area (Å²) >= 11 is 0. The summed E-state index contributed by atoms with van der Waals surface area (Å²) in [6.07, 6.45) is 7.76. The Hall–Kier alpha value is -2.48.